The number of rotatable bonds is 14. The molecule has 2 atom stereocenters. The number of anilines is 1. The molecule has 6 rings (SSSR count). The summed E-state index contributed by atoms with van der Waals surface area (Å²) in [6.07, 6.45) is -0.907. The number of nitrogens with two attached hydrogens (primary N) is 1. The number of hydrogen-bond donors (Lipinski definition) is 3. The lowest BCUT2D eigenvalue weighted by atomic mass is 9.93. The van der Waals surface area contributed by atoms with E-state index in [-0.39, 0.29) is 44.0 Å². The molecular weight excluding hydrogens is 934 g/mol. The first-order valence-corrected chi connectivity index (χ1v) is 23.2. The Labute approximate surface area is 373 Å². The minimum atomic E-state index is -4.05. The Morgan fingerprint density at radius 2 is 1.71 bits per heavy atom. The van der Waals surface area contributed by atoms with Gasteiger partial charge in [0.25, 0.3) is 12.9 Å². The molecule has 2 saturated carbocycles. The Bertz CT molecular complexity index is 2950. The van der Waals surface area contributed by atoms with Crippen molar-refractivity contribution in [3.8, 4) is 35.3 Å². The number of terminal acetylenes is 1. The molecule has 4 N–H and O–H groups in total. The van der Waals surface area contributed by atoms with Crippen LogP contribution in [0.2, 0.25) is 5.02 Å². The van der Waals surface area contributed by atoms with Gasteiger partial charge in [-0.25, -0.2) is 48.2 Å². The van der Waals surface area contributed by atoms with E-state index in [0.717, 1.165) is 23.1 Å². The molecule has 0 spiro atoms. The highest BCUT2D eigenvalue weighted by atomic mass is 35.5. The van der Waals surface area contributed by atoms with Crippen LogP contribution in [0.25, 0.3) is 22.0 Å². The fourth-order valence-electron chi connectivity index (χ4n) is 6.89. The quantitative estimate of drug-likeness (QED) is 0.0895. The Balaban J connectivity index is 1.58. The van der Waals surface area contributed by atoms with Gasteiger partial charge >= 0.3 is 5.92 Å². The first kappa shape index (κ1) is 48.7. The molecule has 2 aromatic carbocycles. The zero-order chi connectivity index (χ0) is 48.0. The highest BCUT2D eigenvalue weighted by Gasteiger charge is 2.53. The molecule has 0 saturated heterocycles. The molecule has 2 fully saturated rings. The van der Waals surface area contributed by atoms with Gasteiger partial charge in [0.2, 0.25) is 15.9 Å². The van der Waals surface area contributed by atoms with E-state index in [2.05, 4.69) is 37.0 Å². The molecule has 12 nitrogen and oxygen atoms in total. The van der Waals surface area contributed by atoms with Crippen LogP contribution in [0, 0.1) is 41.7 Å². The average Bonchev–Trinajstić information content (AvgIpc) is 3.96. The summed E-state index contributed by atoms with van der Waals surface area (Å²) in [5.74, 6) is -2.54. The number of fused-ring (bicyclic) bond motifs is 1. The molecule has 2 aliphatic rings. The van der Waals surface area contributed by atoms with Gasteiger partial charge in [-0.05, 0) is 81.3 Å². The first-order valence-electron chi connectivity index (χ1n) is 19.4. The van der Waals surface area contributed by atoms with Crippen LogP contribution >= 0.6 is 11.6 Å². The van der Waals surface area contributed by atoms with Crippen molar-refractivity contribution in [1.29, 1.82) is 0 Å². The number of sulfone groups is 1. The van der Waals surface area contributed by atoms with Crippen molar-refractivity contribution in [2.24, 2.45) is 16.6 Å². The zero-order valence-electron chi connectivity index (χ0n) is 34.4. The van der Waals surface area contributed by atoms with Gasteiger partial charge in [0.15, 0.2) is 15.7 Å². The Kier molecular flexibility index (Phi) is 13.7. The second-order valence-electron chi connectivity index (χ2n) is 15.8. The number of allylic oxidation sites excluding steroid dienone is 2. The number of alkyl halides is 6. The van der Waals surface area contributed by atoms with Crippen LogP contribution in [-0.2, 0) is 37.6 Å². The number of amides is 1. The number of nitrogens with zero attached hydrogens (tertiary/aromatic N) is 4. The molecule has 2 aliphatic carbocycles. The maximum absolute atomic E-state index is 15.4. The standard InChI is InChI=1S/C42H38ClF8N7O5S2/c1-5-22-17-29(35(52)39(48)49)38(42(22,50)51)53-19-33(59)55-31(16-21-14-23(44)18-24(45)15-21)36-27(9-6-25(54-36)12-13-41(2,3)64(4,60)61)28-10-11-30(43)34-37(28)58(20-32(46)47)56-40(34)57-65(62,63)26-7-8-26/h1,6,9-11,14-15,18,22,26,31-32,39H,7-8,16-17,19-20,52H2,2-4H3,(H,55,59)(H,56,57)/t22-,31+/m1/s1. The number of aliphatic imine (C=N–C) groups is 1. The topological polar surface area (TPSA) is 178 Å². The molecular formula is C42H38ClF8N7O5S2. The van der Waals surface area contributed by atoms with E-state index >= 15 is 8.78 Å². The Morgan fingerprint density at radius 1 is 1.06 bits per heavy atom. The number of nitrogens with one attached hydrogen (secondary N) is 2. The fraction of sp³-hybridized carbons (Fsp3) is 0.381. The molecule has 0 bridgehead atoms. The average molecular weight is 972 g/mol. The van der Waals surface area contributed by atoms with E-state index in [0.29, 0.717) is 18.9 Å². The van der Waals surface area contributed by atoms with Crippen molar-refractivity contribution >= 4 is 59.8 Å². The molecule has 346 valence electrons. The third-order valence-corrected chi connectivity index (χ3v) is 14.7. The van der Waals surface area contributed by atoms with Crippen LogP contribution < -0.4 is 15.8 Å². The third kappa shape index (κ3) is 10.6. The summed E-state index contributed by atoms with van der Waals surface area (Å²) in [6.45, 7) is 0.353. The molecule has 1 amide bonds. The second kappa shape index (κ2) is 18.3. The van der Waals surface area contributed by atoms with E-state index in [1.807, 2.05) is 5.92 Å². The molecule has 0 aliphatic heterocycles. The highest BCUT2D eigenvalue weighted by molar-refractivity contribution is 7.93. The van der Waals surface area contributed by atoms with Crippen LogP contribution in [0.4, 0.5) is 40.9 Å². The predicted octanol–water partition coefficient (Wildman–Crippen LogP) is 6.98. The van der Waals surface area contributed by atoms with Gasteiger partial charge in [-0.1, -0.05) is 29.5 Å². The van der Waals surface area contributed by atoms with Crippen molar-refractivity contribution in [2.45, 2.75) is 80.9 Å². The van der Waals surface area contributed by atoms with Crippen LogP contribution in [-0.4, -0.2) is 84.8 Å². The largest absolute Gasteiger partial charge is 0.397 e. The minimum Gasteiger partial charge on any atom is -0.397 e. The van der Waals surface area contributed by atoms with Crippen molar-refractivity contribution in [3.05, 3.63) is 87.3 Å². The number of hydrogen-bond acceptors (Lipinski definition) is 9. The summed E-state index contributed by atoms with van der Waals surface area (Å²) in [5.41, 5.74) is 1.49. The number of halogens is 9. The van der Waals surface area contributed by atoms with Gasteiger partial charge in [-0.3, -0.25) is 19.2 Å². The smallest absolute Gasteiger partial charge is 0.303 e. The summed E-state index contributed by atoms with van der Waals surface area (Å²) in [4.78, 5) is 22.1. The first-order chi connectivity index (χ1) is 30.2. The van der Waals surface area contributed by atoms with Gasteiger partial charge in [-0.2, -0.15) is 13.9 Å². The number of carbonyl (C=O) groups is 1. The third-order valence-electron chi connectivity index (χ3n) is 10.6. The maximum Gasteiger partial charge on any atom is 0.303 e. The van der Waals surface area contributed by atoms with E-state index in [9.17, 15) is 48.0 Å². The molecule has 2 aromatic heterocycles. The maximum atomic E-state index is 15.4. The van der Waals surface area contributed by atoms with E-state index in [4.69, 9.17) is 23.8 Å². The van der Waals surface area contributed by atoms with Crippen molar-refractivity contribution in [1.82, 2.24) is 20.1 Å². The molecule has 2 heterocycles. The summed E-state index contributed by atoms with van der Waals surface area (Å²) in [7, 11) is -7.86. The van der Waals surface area contributed by atoms with E-state index in [1.165, 1.54) is 38.1 Å². The van der Waals surface area contributed by atoms with Crippen LogP contribution in [0.1, 0.15) is 56.1 Å². The van der Waals surface area contributed by atoms with Gasteiger partial charge in [0, 0.05) is 29.0 Å². The number of pyridine rings is 1. The fourth-order valence-corrected chi connectivity index (χ4v) is 8.71. The second-order valence-corrected chi connectivity index (χ2v) is 20.7. The molecule has 0 unspecified atom stereocenters. The van der Waals surface area contributed by atoms with Crippen LogP contribution in [0.5, 0.6) is 0 Å². The minimum absolute atomic E-state index is 0.0130. The van der Waals surface area contributed by atoms with Crippen molar-refractivity contribution in [3.63, 3.8) is 0 Å². The van der Waals surface area contributed by atoms with E-state index in [1.54, 1.807) is 0 Å². The Morgan fingerprint density at radius 3 is 2.29 bits per heavy atom. The van der Waals surface area contributed by atoms with Gasteiger partial charge in [0.1, 0.15) is 40.9 Å². The van der Waals surface area contributed by atoms with Crippen LogP contribution in [0.3, 0.4) is 0 Å². The normalized spacial score (nSPS) is 18.4. The van der Waals surface area contributed by atoms with E-state index < -0.39 is 127 Å². The number of carbonyl (C=O) groups excluding carboxylic acids is 1. The molecule has 65 heavy (non-hydrogen) atoms. The van der Waals surface area contributed by atoms with Crippen molar-refractivity contribution in [2.75, 3.05) is 17.5 Å². The van der Waals surface area contributed by atoms with Crippen molar-refractivity contribution < 1.29 is 56.8 Å². The number of sulfonamides is 1. The summed E-state index contributed by atoms with van der Waals surface area (Å²) < 4.78 is 169. The number of aromatic nitrogens is 3. The molecule has 0 radical (unpaired) electrons. The van der Waals surface area contributed by atoms with Gasteiger partial charge < -0.3 is 11.1 Å². The number of benzene rings is 2. The monoisotopic (exact) mass is 971 g/mol. The summed E-state index contributed by atoms with van der Waals surface area (Å²) in [6, 6.07) is 6.06. The predicted molar refractivity (Wildman–Crippen MR) is 228 cm³/mol. The van der Waals surface area contributed by atoms with Gasteiger partial charge in [-0.15, -0.1) is 6.42 Å². The summed E-state index contributed by atoms with van der Waals surface area (Å²) in [5, 5.41) is 5.64. The molecule has 4 aromatic rings. The highest BCUT2D eigenvalue weighted by Crippen LogP contribution is 2.44. The lowest BCUT2D eigenvalue weighted by Gasteiger charge is -2.23. The van der Waals surface area contributed by atoms with Gasteiger partial charge in [0.05, 0.1) is 44.5 Å². The lowest BCUT2D eigenvalue weighted by molar-refractivity contribution is -0.120. The summed E-state index contributed by atoms with van der Waals surface area (Å²) >= 11 is 6.61. The SMILES string of the molecule is C#C[C@@H]1CC(=C(N)C(F)F)C(=NCC(=O)N[C@@H](Cc2cc(F)cc(F)c2)c2nc(C#CC(C)(C)S(C)(=O)=O)ccc2-c2ccc(Cl)c3c(NS(=O)(=O)C4CC4)nn(CC(F)F)c23)C1(F)F. The van der Waals surface area contributed by atoms with Crippen LogP contribution in [0.15, 0.2) is 58.7 Å². The molecule has 23 heteroatoms. The Hall–Kier alpha value is -5.71. The zero-order valence-corrected chi connectivity index (χ0v) is 36.8. The lowest BCUT2D eigenvalue weighted by Crippen LogP contribution is -2.35.